The summed E-state index contributed by atoms with van der Waals surface area (Å²) < 4.78 is 0. The van der Waals surface area contributed by atoms with Crippen LogP contribution in [0, 0.1) is 0 Å². The normalized spacial score (nSPS) is 10.9. The number of hydrogen-bond donors (Lipinski definition) is 2. The lowest BCUT2D eigenvalue weighted by atomic mass is 10.4. The van der Waals surface area contributed by atoms with Crippen molar-refractivity contribution in [2.45, 2.75) is 13.3 Å². The van der Waals surface area contributed by atoms with Crippen LogP contribution in [-0.2, 0) is 6.42 Å². The molecule has 14 heavy (non-hydrogen) atoms. The highest BCUT2D eigenvalue weighted by Crippen LogP contribution is 2.06. The molecule has 0 saturated carbocycles. The van der Waals surface area contributed by atoms with E-state index in [9.17, 15) is 0 Å². The van der Waals surface area contributed by atoms with Gasteiger partial charge >= 0.3 is 0 Å². The molecule has 2 aromatic heterocycles. The van der Waals surface area contributed by atoms with E-state index >= 15 is 0 Å². The van der Waals surface area contributed by atoms with Crippen molar-refractivity contribution in [3.8, 4) is 0 Å². The van der Waals surface area contributed by atoms with Crippen molar-refractivity contribution in [1.82, 2.24) is 20.3 Å². The van der Waals surface area contributed by atoms with Crippen LogP contribution in [0.4, 0.5) is 0 Å². The van der Waals surface area contributed by atoms with Crippen molar-refractivity contribution in [2.24, 2.45) is 0 Å². The Morgan fingerprint density at radius 2 is 2.43 bits per heavy atom. The Bertz CT molecular complexity index is 374. The van der Waals surface area contributed by atoms with E-state index in [1.807, 2.05) is 12.1 Å². The first-order valence-corrected chi connectivity index (χ1v) is 4.90. The average Bonchev–Trinajstić information content (AvgIpc) is 2.60. The molecule has 0 aliphatic heterocycles. The van der Waals surface area contributed by atoms with E-state index in [0.717, 1.165) is 36.5 Å². The van der Waals surface area contributed by atoms with Crippen LogP contribution in [-0.4, -0.2) is 28.0 Å². The number of H-pyrrole nitrogens is 1. The van der Waals surface area contributed by atoms with Gasteiger partial charge in [0.2, 0.25) is 0 Å². The quantitative estimate of drug-likeness (QED) is 0.710. The highest BCUT2D eigenvalue weighted by atomic mass is 15.0. The largest absolute Gasteiger partial charge is 0.341 e. The van der Waals surface area contributed by atoms with Gasteiger partial charge in [-0.05, 0) is 18.7 Å². The van der Waals surface area contributed by atoms with E-state index in [2.05, 4.69) is 27.2 Å². The van der Waals surface area contributed by atoms with Gasteiger partial charge in [-0.3, -0.25) is 0 Å². The summed E-state index contributed by atoms with van der Waals surface area (Å²) >= 11 is 0. The van der Waals surface area contributed by atoms with Crippen molar-refractivity contribution in [3.05, 3.63) is 24.2 Å². The molecule has 0 fully saturated rings. The first kappa shape index (κ1) is 9.15. The molecule has 0 aromatic carbocycles. The predicted octanol–water partition coefficient (Wildman–Crippen LogP) is 1.11. The maximum atomic E-state index is 4.38. The number of rotatable bonds is 4. The zero-order valence-electron chi connectivity index (χ0n) is 8.25. The molecule has 74 valence electrons. The summed E-state index contributed by atoms with van der Waals surface area (Å²) in [5.41, 5.74) is 1.82. The molecule has 0 aliphatic carbocycles. The first-order valence-electron chi connectivity index (χ1n) is 4.90. The molecule has 0 saturated heterocycles. The average molecular weight is 190 g/mol. The minimum absolute atomic E-state index is 0.805. The number of nitrogens with zero attached hydrogens (tertiary/aromatic N) is 2. The maximum absolute atomic E-state index is 4.38. The van der Waals surface area contributed by atoms with Crippen molar-refractivity contribution in [1.29, 1.82) is 0 Å². The molecule has 4 nitrogen and oxygen atoms in total. The number of aromatic nitrogens is 3. The summed E-state index contributed by atoms with van der Waals surface area (Å²) in [6, 6.07) is 3.90. The summed E-state index contributed by atoms with van der Waals surface area (Å²) in [5, 5.41) is 3.26. The van der Waals surface area contributed by atoms with Crippen LogP contribution in [0.15, 0.2) is 18.3 Å². The lowest BCUT2D eigenvalue weighted by molar-refractivity contribution is 0.702. The monoisotopic (exact) mass is 190 g/mol. The third-order valence-corrected chi connectivity index (χ3v) is 2.10. The van der Waals surface area contributed by atoms with Gasteiger partial charge in [0.25, 0.3) is 0 Å². The number of aromatic amines is 1. The fraction of sp³-hybridized carbons (Fsp3) is 0.400. The summed E-state index contributed by atoms with van der Waals surface area (Å²) in [6.45, 7) is 4.05. The Morgan fingerprint density at radius 3 is 3.21 bits per heavy atom. The van der Waals surface area contributed by atoms with E-state index in [-0.39, 0.29) is 0 Å². The molecule has 0 radical (unpaired) electrons. The number of imidazole rings is 1. The summed E-state index contributed by atoms with van der Waals surface area (Å²) in [4.78, 5) is 11.8. The number of hydrogen-bond acceptors (Lipinski definition) is 3. The standard InChI is InChI=1S/C10H14N4/c1-2-11-7-5-9-13-8-4-3-6-12-10(8)14-9/h3-4,6,11H,2,5,7H2,1H3,(H,12,13,14). The molecular formula is C10H14N4. The van der Waals surface area contributed by atoms with Gasteiger partial charge in [0.05, 0.1) is 5.52 Å². The Morgan fingerprint density at radius 1 is 1.50 bits per heavy atom. The number of nitrogens with one attached hydrogen (secondary N) is 2. The van der Waals surface area contributed by atoms with Crippen molar-refractivity contribution >= 4 is 11.2 Å². The molecule has 0 amide bonds. The fourth-order valence-corrected chi connectivity index (χ4v) is 1.40. The molecule has 2 aromatic rings. The Labute approximate surface area is 82.8 Å². The second kappa shape index (κ2) is 4.19. The summed E-state index contributed by atoms with van der Waals surface area (Å²) in [7, 11) is 0. The second-order valence-electron chi connectivity index (χ2n) is 3.16. The SMILES string of the molecule is CCNCCc1nc2ncccc2[nH]1. The molecule has 2 heterocycles. The summed E-state index contributed by atoms with van der Waals surface area (Å²) in [5.74, 6) is 1.000. The second-order valence-corrected chi connectivity index (χ2v) is 3.16. The molecule has 0 bridgehead atoms. The fourth-order valence-electron chi connectivity index (χ4n) is 1.40. The highest BCUT2D eigenvalue weighted by Gasteiger charge is 2.01. The van der Waals surface area contributed by atoms with Crippen LogP contribution in [0.25, 0.3) is 11.2 Å². The van der Waals surface area contributed by atoms with Crippen LogP contribution in [0.3, 0.4) is 0 Å². The molecule has 2 N–H and O–H groups in total. The third kappa shape index (κ3) is 1.90. The van der Waals surface area contributed by atoms with Gasteiger partial charge in [-0.2, -0.15) is 0 Å². The van der Waals surface area contributed by atoms with Gasteiger partial charge in [0.15, 0.2) is 5.65 Å². The lowest BCUT2D eigenvalue weighted by Gasteiger charge is -1.96. The smallest absolute Gasteiger partial charge is 0.177 e. The minimum Gasteiger partial charge on any atom is -0.341 e. The highest BCUT2D eigenvalue weighted by molar-refractivity contribution is 5.69. The third-order valence-electron chi connectivity index (χ3n) is 2.10. The van der Waals surface area contributed by atoms with Crippen LogP contribution >= 0.6 is 0 Å². The van der Waals surface area contributed by atoms with Gasteiger partial charge < -0.3 is 10.3 Å². The van der Waals surface area contributed by atoms with Gasteiger partial charge in [-0.1, -0.05) is 6.92 Å². The zero-order valence-corrected chi connectivity index (χ0v) is 8.25. The van der Waals surface area contributed by atoms with E-state index in [1.54, 1.807) is 6.20 Å². The molecule has 0 spiro atoms. The lowest BCUT2D eigenvalue weighted by Crippen LogP contribution is -2.16. The van der Waals surface area contributed by atoms with Gasteiger partial charge in [0, 0.05) is 19.2 Å². The van der Waals surface area contributed by atoms with Gasteiger partial charge in [0.1, 0.15) is 5.82 Å². The van der Waals surface area contributed by atoms with E-state index < -0.39 is 0 Å². The van der Waals surface area contributed by atoms with Crippen LogP contribution in [0.2, 0.25) is 0 Å². The molecule has 0 unspecified atom stereocenters. The topological polar surface area (TPSA) is 53.6 Å². The molecule has 2 rings (SSSR count). The number of likely N-dealkylation sites (N-methyl/N-ethyl adjacent to an activating group) is 1. The zero-order chi connectivity index (χ0) is 9.80. The van der Waals surface area contributed by atoms with E-state index in [1.165, 1.54) is 0 Å². The Hall–Kier alpha value is -1.42. The van der Waals surface area contributed by atoms with Crippen LogP contribution < -0.4 is 5.32 Å². The first-order chi connectivity index (χ1) is 6.90. The Kier molecular flexibility index (Phi) is 2.74. The van der Waals surface area contributed by atoms with Gasteiger partial charge in [-0.25, -0.2) is 9.97 Å². The molecule has 0 atom stereocenters. The van der Waals surface area contributed by atoms with Crippen molar-refractivity contribution in [3.63, 3.8) is 0 Å². The van der Waals surface area contributed by atoms with E-state index in [4.69, 9.17) is 0 Å². The molecule has 0 aliphatic rings. The number of pyridine rings is 1. The summed E-state index contributed by atoms with van der Waals surface area (Å²) in [6.07, 6.45) is 2.68. The van der Waals surface area contributed by atoms with Gasteiger partial charge in [-0.15, -0.1) is 0 Å². The predicted molar refractivity (Wildman–Crippen MR) is 56.1 cm³/mol. The van der Waals surface area contributed by atoms with Crippen LogP contribution in [0.5, 0.6) is 0 Å². The van der Waals surface area contributed by atoms with E-state index in [0.29, 0.717) is 0 Å². The van der Waals surface area contributed by atoms with Crippen molar-refractivity contribution < 1.29 is 0 Å². The minimum atomic E-state index is 0.805. The molecule has 4 heteroatoms. The van der Waals surface area contributed by atoms with Crippen LogP contribution in [0.1, 0.15) is 12.7 Å². The van der Waals surface area contributed by atoms with Crippen molar-refractivity contribution in [2.75, 3.05) is 13.1 Å². The maximum Gasteiger partial charge on any atom is 0.177 e. The molecular weight excluding hydrogens is 176 g/mol. The number of fused-ring (bicyclic) bond motifs is 1. The Balaban J connectivity index is 2.11.